The molecule has 1 amide bonds. The lowest BCUT2D eigenvalue weighted by Crippen LogP contribution is -2.09. The predicted octanol–water partition coefficient (Wildman–Crippen LogP) is 4.09. The minimum Gasteiger partial charge on any atom is -0.323 e. The van der Waals surface area contributed by atoms with Crippen molar-refractivity contribution >= 4 is 49.7 Å². The van der Waals surface area contributed by atoms with Gasteiger partial charge in [-0.3, -0.25) is 13.9 Å². The summed E-state index contributed by atoms with van der Waals surface area (Å²) in [6.45, 7) is 0. The molecule has 4 rings (SSSR count). The van der Waals surface area contributed by atoms with E-state index in [0.717, 1.165) is 28.0 Å². The molecule has 2 aromatic heterocycles. The standard InChI is InChI=1S/C21H18N4O3S2/c1-30(27,28)24-18-7-2-15(3-8-18)4-11-20(26)22-17-9-5-16(6-10-17)19-14-25-12-13-29-21(25)23-19/h2-14,24H,1H3,(H,22,26)/b11-4+. The van der Waals surface area contributed by atoms with Crippen LogP contribution in [0.1, 0.15) is 5.56 Å². The van der Waals surface area contributed by atoms with Crippen LogP contribution in [0.5, 0.6) is 0 Å². The average Bonchev–Trinajstić information content (AvgIpc) is 3.29. The number of benzene rings is 2. The Balaban J connectivity index is 1.37. The third-order valence-electron chi connectivity index (χ3n) is 4.18. The molecule has 152 valence electrons. The van der Waals surface area contributed by atoms with Gasteiger partial charge in [-0.25, -0.2) is 13.4 Å². The molecule has 9 heteroatoms. The summed E-state index contributed by atoms with van der Waals surface area (Å²) in [6.07, 6.45) is 8.11. The van der Waals surface area contributed by atoms with Crippen molar-refractivity contribution in [3.8, 4) is 11.3 Å². The molecule has 4 aromatic rings. The topological polar surface area (TPSA) is 92.6 Å². The number of thiazole rings is 1. The Bertz CT molecular complexity index is 1290. The number of fused-ring (bicyclic) bond motifs is 1. The van der Waals surface area contributed by atoms with Gasteiger partial charge in [-0.2, -0.15) is 0 Å². The minimum absolute atomic E-state index is 0.261. The number of rotatable bonds is 6. The van der Waals surface area contributed by atoms with Crippen molar-refractivity contribution in [2.24, 2.45) is 0 Å². The number of aromatic nitrogens is 2. The number of hydrogen-bond donors (Lipinski definition) is 2. The first kappa shape index (κ1) is 19.9. The van der Waals surface area contributed by atoms with Gasteiger partial charge in [-0.05, 0) is 35.9 Å². The molecule has 0 aliphatic rings. The second-order valence-electron chi connectivity index (χ2n) is 6.62. The lowest BCUT2D eigenvalue weighted by Gasteiger charge is -2.04. The highest BCUT2D eigenvalue weighted by Crippen LogP contribution is 2.23. The second kappa shape index (κ2) is 8.13. The van der Waals surface area contributed by atoms with Crippen LogP contribution in [-0.2, 0) is 14.8 Å². The first-order chi connectivity index (χ1) is 14.4. The highest BCUT2D eigenvalue weighted by Gasteiger charge is 2.06. The summed E-state index contributed by atoms with van der Waals surface area (Å²) >= 11 is 1.58. The van der Waals surface area contributed by atoms with E-state index in [-0.39, 0.29) is 5.91 Å². The van der Waals surface area contributed by atoms with Crippen LogP contribution in [-0.4, -0.2) is 30.0 Å². The van der Waals surface area contributed by atoms with Gasteiger partial charge in [0.25, 0.3) is 0 Å². The molecule has 0 spiro atoms. The fourth-order valence-electron chi connectivity index (χ4n) is 2.82. The zero-order valence-electron chi connectivity index (χ0n) is 15.9. The number of hydrogen-bond acceptors (Lipinski definition) is 5. The van der Waals surface area contributed by atoms with Gasteiger partial charge in [0.15, 0.2) is 4.96 Å². The van der Waals surface area contributed by atoms with Gasteiger partial charge in [-0.1, -0.05) is 24.3 Å². The van der Waals surface area contributed by atoms with Crippen LogP contribution >= 0.6 is 11.3 Å². The second-order valence-corrected chi connectivity index (χ2v) is 9.24. The molecule has 0 fully saturated rings. The van der Waals surface area contributed by atoms with Crippen LogP contribution < -0.4 is 10.0 Å². The maximum Gasteiger partial charge on any atom is 0.248 e. The molecule has 0 saturated heterocycles. The molecule has 30 heavy (non-hydrogen) atoms. The Kier molecular flexibility index (Phi) is 5.39. The Morgan fingerprint density at radius 3 is 2.43 bits per heavy atom. The molecule has 0 radical (unpaired) electrons. The molecular weight excluding hydrogens is 420 g/mol. The van der Waals surface area contributed by atoms with E-state index in [2.05, 4.69) is 15.0 Å². The van der Waals surface area contributed by atoms with E-state index in [4.69, 9.17) is 0 Å². The van der Waals surface area contributed by atoms with Crippen molar-refractivity contribution in [1.29, 1.82) is 0 Å². The van der Waals surface area contributed by atoms with Gasteiger partial charge >= 0.3 is 0 Å². The SMILES string of the molecule is CS(=O)(=O)Nc1ccc(/C=C/C(=O)Nc2ccc(-c3cn4ccsc4n3)cc2)cc1. The maximum atomic E-state index is 12.2. The Morgan fingerprint density at radius 2 is 1.77 bits per heavy atom. The van der Waals surface area contributed by atoms with E-state index in [9.17, 15) is 13.2 Å². The van der Waals surface area contributed by atoms with Crippen LogP contribution in [0.15, 0.2) is 72.4 Å². The summed E-state index contributed by atoms with van der Waals surface area (Å²) in [5, 5.41) is 4.80. The third-order valence-corrected chi connectivity index (χ3v) is 5.56. The first-order valence-electron chi connectivity index (χ1n) is 8.95. The molecule has 2 aromatic carbocycles. The molecule has 2 heterocycles. The smallest absolute Gasteiger partial charge is 0.248 e. The van der Waals surface area contributed by atoms with Gasteiger partial charge in [0.1, 0.15) is 0 Å². The van der Waals surface area contributed by atoms with Gasteiger partial charge in [0.2, 0.25) is 15.9 Å². The summed E-state index contributed by atoms with van der Waals surface area (Å²) in [6, 6.07) is 14.2. The van der Waals surface area contributed by atoms with Crippen molar-refractivity contribution in [3.63, 3.8) is 0 Å². The monoisotopic (exact) mass is 438 g/mol. The summed E-state index contributed by atoms with van der Waals surface area (Å²) < 4.78 is 26.8. The highest BCUT2D eigenvalue weighted by molar-refractivity contribution is 7.92. The Morgan fingerprint density at radius 1 is 1.07 bits per heavy atom. The lowest BCUT2D eigenvalue weighted by molar-refractivity contribution is -0.111. The summed E-state index contributed by atoms with van der Waals surface area (Å²) in [4.78, 5) is 17.7. The number of nitrogens with zero attached hydrogens (tertiary/aromatic N) is 2. The number of anilines is 2. The number of carbonyl (C=O) groups is 1. The van der Waals surface area contributed by atoms with E-state index >= 15 is 0 Å². The van der Waals surface area contributed by atoms with Crippen LogP contribution in [0.25, 0.3) is 22.3 Å². The van der Waals surface area contributed by atoms with Gasteiger partial charge in [0, 0.05) is 40.8 Å². The van der Waals surface area contributed by atoms with Crippen molar-refractivity contribution < 1.29 is 13.2 Å². The highest BCUT2D eigenvalue weighted by atomic mass is 32.2. The predicted molar refractivity (Wildman–Crippen MR) is 121 cm³/mol. The molecule has 0 bridgehead atoms. The van der Waals surface area contributed by atoms with E-state index < -0.39 is 10.0 Å². The third kappa shape index (κ3) is 4.94. The van der Waals surface area contributed by atoms with Crippen LogP contribution in [0.3, 0.4) is 0 Å². The molecule has 0 saturated carbocycles. The molecule has 2 N–H and O–H groups in total. The number of amides is 1. The molecule has 0 atom stereocenters. The Hall–Kier alpha value is -3.43. The normalized spacial score (nSPS) is 11.8. The van der Waals surface area contributed by atoms with E-state index in [0.29, 0.717) is 11.4 Å². The summed E-state index contributed by atoms with van der Waals surface area (Å²) in [7, 11) is -3.31. The summed E-state index contributed by atoms with van der Waals surface area (Å²) in [5.41, 5.74) is 3.79. The quantitative estimate of drug-likeness (QED) is 0.444. The number of imidazole rings is 1. The minimum atomic E-state index is -3.31. The Labute approximate surface area is 177 Å². The van der Waals surface area contributed by atoms with Crippen LogP contribution in [0.2, 0.25) is 0 Å². The van der Waals surface area contributed by atoms with E-state index in [1.54, 1.807) is 41.7 Å². The van der Waals surface area contributed by atoms with Gasteiger partial charge in [-0.15, -0.1) is 11.3 Å². The molecule has 0 unspecified atom stereocenters. The zero-order chi connectivity index (χ0) is 21.1. The van der Waals surface area contributed by atoms with Crippen molar-refractivity contribution in [2.75, 3.05) is 16.3 Å². The first-order valence-corrected chi connectivity index (χ1v) is 11.7. The fraction of sp³-hybridized carbons (Fsp3) is 0.0476. The van der Waals surface area contributed by atoms with Crippen molar-refractivity contribution in [3.05, 3.63) is 77.9 Å². The summed E-state index contributed by atoms with van der Waals surface area (Å²) in [5.74, 6) is -0.261. The molecule has 7 nitrogen and oxygen atoms in total. The van der Waals surface area contributed by atoms with Gasteiger partial charge < -0.3 is 5.32 Å². The average molecular weight is 439 g/mol. The van der Waals surface area contributed by atoms with Crippen LogP contribution in [0, 0.1) is 0 Å². The largest absolute Gasteiger partial charge is 0.323 e. The number of carbonyl (C=O) groups excluding carboxylic acids is 1. The van der Waals surface area contributed by atoms with Crippen molar-refractivity contribution in [2.45, 2.75) is 0 Å². The number of nitrogens with one attached hydrogen (secondary N) is 2. The van der Waals surface area contributed by atoms with E-state index in [1.165, 1.54) is 6.08 Å². The van der Waals surface area contributed by atoms with Crippen LogP contribution in [0.4, 0.5) is 11.4 Å². The molecule has 0 aliphatic carbocycles. The number of sulfonamides is 1. The maximum absolute atomic E-state index is 12.2. The fourth-order valence-corrected chi connectivity index (χ4v) is 4.09. The van der Waals surface area contributed by atoms with E-state index in [1.807, 2.05) is 46.4 Å². The zero-order valence-corrected chi connectivity index (χ0v) is 17.6. The van der Waals surface area contributed by atoms with Crippen molar-refractivity contribution in [1.82, 2.24) is 9.38 Å². The molecule has 0 aliphatic heterocycles. The lowest BCUT2D eigenvalue weighted by atomic mass is 10.1. The van der Waals surface area contributed by atoms with Gasteiger partial charge in [0.05, 0.1) is 11.9 Å². The molecular formula is C21H18N4O3S2.